The topological polar surface area (TPSA) is 90.3 Å². The molecule has 2 aliphatic rings. The number of aliphatic hydroxyl groups is 1. The first kappa shape index (κ1) is 16.0. The van der Waals surface area contributed by atoms with Gasteiger partial charge in [-0.2, -0.15) is 0 Å². The van der Waals surface area contributed by atoms with Crippen molar-refractivity contribution in [3.8, 4) is 0 Å². The van der Waals surface area contributed by atoms with Gasteiger partial charge in [0.15, 0.2) is 0 Å². The number of carboxylic acids is 1. The summed E-state index contributed by atoms with van der Waals surface area (Å²) >= 11 is 0. The van der Waals surface area contributed by atoms with Crippen molar-refractivity contribution in [1.82, 2.24) is 9.80 Å². The molecule has 0 bridgehead atoms. The molecule has 21 heavy (non-hydrogen) atoms. The van der Waals surface area contributed by atoms with E-state index >= 15 is 0 Å². The Labute approximate surface area is 124 Å². The van der Waals surface area contributed by atoms with Gasteiger partial charge in [-0.15, -0.1) is 0 Å². The van der Waals surface area contributed by atoms with Gasteiger partial charge in [0, 0.05) is 19.2 Å². The van der Waals surface area contributed by atoms with Crippen LogP contribution in [-0.2, 0) is 9.53 Å². The highest BCUT2D eigenvalue weighted by Crippen LogP contribution is 2.30. The fourth-order valence-corrected chi connectivity index (χ4v) is 2.78. The molecule has 1 aliphatic heterocycles. The molecule has 2 N–H and O–H groups in total. The maximum absolute atomic E-state index is 12.5. The molecule has 1 saturated carbocycles. The van der Waals surface area contributed by atoms with E-state index in [1.807, 2.05) is 11.8 Å². The molecular weight excluding hydrogens is 276 g/mol. The van der Waals surface area contributed by atoms with Gasteiger partial charge in [0.2, 0.25) is 0 Å². The van der Waals surface area contributed by atoms with E-state index in [1.165, 1.54) is 0 Å². The second-order valence-corrected chi connectivity index (χ2v) is 6.13. The highest BCUT2D eigenvalue weighted by atomic mass is 16.5. The third kappa shape index (κ3) is 3.85. The van der Waals surface area contributed by atoms with Gasteiger partial charge in [0.05, 0.1) is 13.1 Å². The lowest BCUT2D eigenvalue weighted by Crippen LogP contribution is -2.66. The normalized spacial score (nSPS) is 20.6. The first-order valence-electron chi connectivity index (χ1n) is 7.47. The highest BCUT2D eigenvalue weighted by Gasteiger charge is 2.45. The SMILES string of the molecule is CC1(OCC(=O)O)CN(C(=O)N(CCCO)C2CCC2)C1. The van der Waals surface area contributed by atoms with E-state index < -0.39 is 11.6 Å². The second-order valence-electron chi connectivity index (χ2n) is 6.13. The first-order valence-corrected chi connectivity index (χ1v) is 7.47. The lowest BCUT2D eigenvalue weighted by Gasteiger charge is -2.50. The zero-order valence-corrected chi connectivity index (χ0v) is 12.5. The average Bonchev–Trinajstić information content (AvgIpc) is 2.34. The van der Waals surface area contributed by atoms with E-state index in [-0.39, 0.29) is 25.3 Å². The Morgan fingerprint density at radius 2 is 2.05 bits per heavy atom. The Morgan fingerprint density at radius 3 is 2.52 bits per heavy atom. The van der Waals surface area contributed by atoms with Gasteiger partial charge in [0.1, 0.15) is 12.2 Å². The van der Waals surface area contributed by atoms with Crippen LogP contribution in [0.1, 0.15) is 32.6 Å². The molecule has 120 valence electrons. The van der Waals surface area contributed by atoms with E-state index in [0.29, 0.717) is 26.1 Å². The van der Waals surface area contributed by atoms with Crippen LogP contribution in [0, 0.1) is 0 Å². The molecule has 0 aromatic carbocycles. The molecule has 2 fully saturated rings. The Balaban J connectivity index is 1.83. The van der Waals surface area contributed by atoms with Crippen molar-refractivity contribution >= 4 is 12.0 Å². The number of aliphatic hydroxyl groups excluding tert-OH is 1. The van der Waals surface area contributed by atoms with Gasteiger partial charge < -0.3 is 24.7 Å². The standard InChI is InChI=1S/C14H24N2O5/c1-14(21-8-12(18)19)9-15(10-14)13(20)16(6-3-7-17)11-4-2-5-11/h11,17H,2-10H2,1H3,(H,18,19). The third-order valence-corrected chi connectivity index (χ3v) is 4.18. The lowest BCUT2D eigenvalue weighted by atomic mass is 9.91. The maximum Gasteiger partial charge on any atom is 0.329 e. The minimum absolute atomic E-state index is 0.0236. The number of likely N-dealkylation sites (tertiary alicyclic amines) is 1. The van der Waals surface area contributed by atoms with Crippen molar-refractivity contribution in [1.29, 1.82) is 0 Å². The van der Waals surface area contributed by atoms with Crippen molar-refractivity contribution in [2.24, 2.45) is 0 Å². The summed E-state index contributed by atoms with van der Waals surface area (Å²) in [6.45, 7) is 2.97. The van der Waals surface area contributed by atoms with Gasteiger partial charge in [-0.3, -0.25) is 0 Å². The van der Waals surface area contributed by atoms with Gasteiger partial charge in [0.25, 0.3) is 0 Å². The fourth-order valence-electron chi connectivity index (χ4n) is 2.78. The van der Waals surface area contributed by atoms with Gasteiger partial charge >= 0.3 is 12.0 Å². The van der Waals surface area contributed by atoms with Crippen molar-refractivity contribution in [3.05, 3.63) is 0 Å². The van der Waals surface area contributed by atoms with Crippen LogP contribution in [0.2, 0.25) is 0 Å². The Bertz CT molecular complexity index is 391. The molecule has 0 unspecified atom stereocenters. The summed E-state index contributed by atoms with van der Waals surface area (Å²) in [7, 11) is 0. The van der Waals surface area contributed by atoms with Gasteiger partial charge in [-0.05, 0) is 32.6 Å². The van der Waals surface area contributed by atoms with Crippen LogP contribution in [0.4, 0.5) is 4.79 Å². The number of carbonyl (C=O) groups is 2. The zero-order valence-electron chi connectivity index (χ0n) is 12.5. The molecular formula is C14H24N2O5. The summed E-state index contributed by atoms with van der Waals surface area (Å²) in [5.41, 5.74) is -0.559. The summed E-state index contributed by atoms with van der Waals surface area (Å²) in [6, 6.07) is 0.264. The van der Waals surface area contributed by atoms with Crippen molar-refractivity contribution in [3.63, 3.8) is 0 Å². The third-order valence-electron chi connectivity index (χ3n) is 4.18. The van der Waals surface area contributed by atoms with Crippen LogP contribution in [0.3, 0.4) is 0 Å². The summed E-state index contributed by atoms with van der Waals surface area (Å²) < 4.78 is 5.32. The van der Waals surface area contributed by atoms with E-state index in [2.05, 4.69) is 0 Å². The summed E-state index contributed by atoms with van der Waals surface area (Å²) in [6.07, 6.45) is 3.78. The molecule has 0 aromatic heterocycles. The number of nitrogens with zero attached hydrogens (tertiary/aromatic N) is 2. The van der Waals surface area contributed by atoms with Crippen LogP contribution >= 0.6 is 0 Å². The van der Waals surface area contributed by atoms with E-state index in [1.54, 1.807) is 4.90 Å². The molecule has 7 nitrogen and oxygen atoms in total. The Morgan fingerprint density at radius 1 is 1.38 bits per heavy atom. The van der Waals surface area contributed by atoms with Crippen LogP contribution < -0.4 is 0 Å². The molecule has 0 atom stereocenters. The van der Waals surface area contributed by atoms with Crippen LogP contribution in [0.25, 0.3) is 0 Å². The van der Waals surface area contributed by atoms with Crippen LogP contribution in [-0.4, -0.2) is 76.5 Å². The summed E-state index contributed by atoms with van der Waals surface area (Å²) in [5.74, 6) is -1.000. The molecule has 0 aromatic rings. The number of amides is 2. The van der Waals surface area contributed by atoms with Gasteiger partial charge in [-0.25, -0.2) is 9.59 Å². The predicted octanol–water partition coefficient (Wildman–Crippen LogP) is 0.519. The molecule has 1 saturated heterocycles. The number of carboxylic acid groups (broad SMARTS) is 1. The number of ether oxygens (including phenoxy) is 1. The van der Waals surface area contributed by atoms with Gasteiger partial charge in [-0.1, -0.05) is 0 Å². The zero-order chi connectivity index (χ0) is 15.5. The molecule has 2 amide bonds. The monoisotopic (exact) mass is 300 g/mol. The van der Waals surface area contributed by atoms with E-state index in [4.69, 9.17) is 14.9 Å². The quantitative estimate of drug-likeness (QED) is 0.715. The van der Waals surface area contributed by atoms with Crippen molar-refractivity contribution < 1.29 is 24.5 Å². The second kappa shape index (κ2) is 6.62. The maximum atomic E-state index is 12.5. The molecule has 1 heterocycles. The number of rotatable bonds is 7. The minimum atomic E-state index is -1.000. The number of hydrogen-bond donors (Lipinski definition) is 2. The van der Waals surface area contributed by atoms with E-state index in [9.17, 15) is 9.59 Å². The first-order chi connectivity index (χ1) is 9.95. The smallest absolute Gasteiger partial charge is 0.329 e. The largest absolute Gasteiger partial charge is 0.480 e. The number of aliphatic carboxylic acids is 1. The van der Waals surface area contributed by atoms with Crippen molar-refractivity contribution in [2.75, 3.05) is 32.8 Å². The number of carbonyl (C=O) groups excluding carboxylic acids is 1. The minimum Gasteiger partial charge on any atom is -0.480 e. The van der Waals surface area contributed by atoms with Crippen LogP contribution in [0.5, 0.6) is 0 Å². The number of hydrogen-bond acceptors (Lipinski definition) is 4. The fraction of sp³-hybridized carbons (Fsp3) is 0.857. The summed E-state index contributed by atoms with van der Waals surface area (Å²) in [4.78, 5) is 26.6. The molecule has 0 spiro atoms. The molecule has 0 radical (unpaired) electrons. The molecule has 1 aliphatic carbocycles. The van der Waals surface area contributed by atoms with Crippen LogP contribution in [0.15, 0.2) is 0 Å². The Hall–Kier alpha value is -1.34. The molecule has 7 heteroatoms. The highest BCUT2D eigenvalue weighted by molar-refractivity contribution is 5.76. The molecule has 2 rings (SSSR count). The Kier molecular flexibility index (Phi) is 5.05. The lowest BCUT2D eigenvalue weighted by molar-refractivity contribution is -0.160. The number of urea groups is 1. The van der Waals surface area contributed by atoms with E-state index in [0.717, 1.165) is 19.3 Å². The predicted molar refractivity (Wildman–Crippen MR) is 75.0 cm³/mol. The summed E-state index contributed by atoms with van der Waals surface area (Å²) in [5, 5.41) is 17.6. The van der Waals surface area contributed by atoms with Crippen molar-refractivity contribution in [2.45, 2.75) is 44.2 Å². The average molecular weight is 300 g/mol.